The highest BCUT2D eigenvalue weighted by Gasteiger charge is 2.44. The Kier molecular flexibility index (Phi) is 5.37. The topological polar surface area (TPSA) is 49.9 Å². The standard InChI is InChI=1S/C25H28N2O3/c1-16-9-8-14-26(15-16)23-22(19-11-5-6-13-21(19)30-4)24(28)27(25(23)29)20-12-7-10-17(2)18(20)3/h5-7,10-13,16H,8-9,14-15H2,1-4H3. The number of rotatable bonds is 4. The van der Waals surface area contributed by atoms with Crippen molar-refractivity contribution in [2.24, 2.45) is 5.92 Å². The molecule has 0 N–H and O–H groups in total. The number of amides is 2. The normalized spacial score (nSPS) is 19.7. The lowest BCUT2D eigenvalue weighted by molar-refractivity contribution is -0.120. The second-order valence-electron chi connectivity index (χ2n) is 8.28. The Morgan fingerprint density at radius 3 is 2.50 bits per heavy atom. The number of hydrogen-bond acceptors (Lipinski definition) is 4. The average Bonchev–Trinajstić information content (AvgIpc) is 3.00. The predicted octanol–water partition coefficient (Wildman–Crippen LogP) is 4.33. The average molecular weight is 405 g/mol. The van der Waals surface area contributed by atoms with E-state index in [2.05, 4.69) is 11.8 Å². The number of hydrogen-bond donors (Lipinski definition) is 0. The van der Waals surface area contributed by atoms with Gasteiger partial charge in [-0.2, -0.15) is 0 Å². The number of anilines is 1. The van der Waals surface area contributed by atoms with Gasteiger partial charge in [-0.3, -0.25) is 9.59 Å². The molecule has 0 aliphatic carbocycles. The SMILES string of the molecule is COc1ccccc1C1=C(N2CCCC(C)C2)C(=O)N(c2cccc(C)c2C)C1=O. The molecule has 2 amide bonds. The first-order chi connectivity index (χ1) is 14.4. The van der Waals surface area contributed by atoms with Gasteiger partial charge in [-0.1, -0.05) is 37.3 Å². The minimum atomic E-state index is -0.286. The molecule has 5 heteroatoms. The van der Waals surface area contributed by atoms with Gasteiger partial charge in [-0.05, 0) is 55.9 Å². The van der Waals surface area contributed by atoms with E-state index >= 15 is 0 Å². The number of para-hydroxylation sites is 1. The van der Waals surface area contributed by atoms with E-state index in [0.717, 1.165) is 37.1 Å². The Hall–Kier alpha value is -3.08. The van der Waals surface area contributed by atoms with Gasteiger partial charge < -0.3 is 9.64 Å². The Balaban J connectivity index is 1.90. The van der Waals surface area contributed by atoms with Crippen molar-refractivity contribution in [3.63, 3.8) is 0 Å². The summed E-state index contributed by atoms with van der Waals surface area (Å²) in [5.74, 6) is 0.539. The Morgan fingerprint density at radius 1 is 1.00 bits per heavy atom. The summed E-state index contributed by atoms with van der Waals surface area (Å²) < 4.78 is 5.55. The first-order valence-corrected chi connectivity index (χ1v) is 10.5. The molecule has 1 fully saturated rings. The fourth-order valence-corrected chi connectivity index (χ4v) is 4.49. The van der Waals surface area contributed by atoms with Crippen LogP contribution in [-0.2, 0) is 9.59 Å². The monoisotopic (exact) mass is 404 g/mol. The van der Waals surface area contributed by atoms with Crippen molar-refractivity contribution >= 4 is 23.1 Å². The third-order valence-corrected chi connectivity index (χ3v) is 6.23. The van der Waals surface area contributed by atoms with Gasteiger partial charge in [0, 0.05) is 18.7 Å². The van der Waals surface area contributed by atoms with Crippen LogP contribution >= 0.6 is 0 Å². The van der Waals surface area contributed by atoms with Gasteiger partial charge in [-0.15, -0.1) is 0 Å². The highest BCUT2D eigenvalue weighted by Crippen LogP contribution is 2.40. The molecular formula is C25H28N2O3. The van der Waals surface area contributed by atoms with Crippen LogP contribution in [-0.4, -0.2) is 36.9 Å². The van der Waals surface area contributed by atoms with E-state index < -0.39 is 0 Å². The molecule has 2 aliphatic heterocycles. The largest absolute Gasteiger partial charge is 0.496 e. The maximum atomic E-state index is 13.7. The minimum absolute atomic E-state index is 0.247. The Morgan fingerprint density at radius 2 is 1.77 bits per heavy atom. The predicted molar refractivity (Wildman–Crippen MR) is 118 cm³/mol. The highest BCUT2D eigenvalue weighted by atomic mass is 16.5. The summed E-state index contributed by atoms with van der Waals surface area (Å²) in [5, 5.41) is 0. The molecule has 2 aromatic carbocycles. The van der Waals surface area contributed by atoms with Crippen LogP contribution in [0.5, 0.6) is 5.75 Å². The summed E-state index contributed by atoms with van der Waals surface area (Å²) in [6.07, 6.45) is 2.14. The number of aryl methyl sites for hydroxylation is 1. The lowest BCUT2D eigenvalue weighted by atomic mass is 9.97. The van der Waals surface area contributed by atoms with Crippen LogP contribution in [0.15, 0.2) is 48.2 Å². The molecular weight excluding hydrogens is 376 g/mol. The number of imide groups is 1. The van der Waals surface area contributed by atoms with Crippen LogP contribution < -0.4 is 9.64 Å². The molecule has 1 saturated heterocycles. The van der Waals surface area contributed by atoms with Crippen molar-refractivity contribution in [2.45, 2.75) is 33.6 Å². The van der Waals surface area contributed by atoms with Crippen molar-refractivity contribution in [1.29, 1.82) is 0 Å². The summed E-state index contributed by atoms with van der Waals surface area (Å²) in [4.78, 5) is 30.9. The quantitative estimate of drug-likeness (QED) is 0.712. The number of benzene rings is 2. The van der Waals surface area contributed by atoms with Crippen molar-refractivity contribution < 1.29 is 14.3 Å². The van der Waals surface area contributed by atoms with Gasteiger partial charge in [-0.25, -0.2) is 4.90 Å². The van der Waals surface area contributed by atoms with Gasteiger partial charge in [0.1, 0.15) is 11.4 Å². The van der Waals surface area contributed by atoms with E-state index in [1.807, 2.05) is 56.3 Å². The summed E-state index contributed by atoms with van der Waals surface area (Å²) in [6.45, 7) is 7.69. The zero-order chi connectivity index (χ0) is 21.4. The fourth-order valence-electron chi connectivity index (χ4n) is 4.49. The van der Waals surface area contributed by atoms with Crippen LogP contribution in [0.4, 0.5) is 5.69 Å². The van der Waals surface area contributed by atoms with Gasteiger partial charge >= 0.3 is 0 Å². The third-order valence-electron chi connectivity index (χ3n) is 6.23. The van der Waals surface area contributed by atoms with E-state index in [-0.39, 0.29) is 11.8 Å². The first kappa shape index (κ1) is 20.2. The van der Waals surface area contributed by atoms with Crippen LogP contribution in [0.3, 0.4) is 0 Å². The van der Waals surface area contributed by atoms with Crippen molar-refractivity contribution in [3.05, 3.63) is 64.9 Å². The van der Waals surface area contributed by atoms with Crippen LogP contribution in [0.1, 0.15) is 36.5 Å². The summed E-state index contributed by atoms with van der Waals surface area (Å²) in [7, 11) is 1.59. The van der Waals surface area contributed by atoms with E-state index in [1.165, 1.54) is 4.90 Å². The number of ether oxygens (including phenoxy) is 1. The minimum Gasteiger partial charge on any atom is -0.496 e. The summed E-state index contributed by atoms with van der Waals surface area (Å²) in [6, 6.07) is 13.2. The number of carbonyl (C=O) groups is 2. The van der Waals surface area contributed by atoms with Crippen molar-refractivity contribution in [1.82, 2.24) is 4.90 Å². The molecule has 0 saturated carbocycles. The number of carbonyl (C=O) groups excluding carboxylic acids is 2. The number of nitrogens with zero attached hydrogens (tertiary/aromatic N) is 2. The van der Waals surface area contributed by atoms with E-state index in [4.69, 9.17) is 4.74 Å². The van der Waals surface area contributed by atoms with Crippen LogP contribution in [0, 0.1) is 19.8 Å². The summed E-state index contributed by atoms with van der Waals surface area (Å²) in [5.41, 5.74) is 4.24. The van der Waals surface area contributed by atoms with Crippen molar-refractivity contribution in [3.8, 4) is 5.75 Å². The second-order valence-corrected chi connectivity index (χ2v) is 8.28. The Bertz CT molecular complexity index is 1040. The smallest absolute Gasteiger partial charge is 0.282 e. The molecule has 2 heterocycles. The lowest BCUT2D eigenvalue weighted by Gasteiger charge is -2.33. The molecule has 0 spiro atoms. The third kappa shape index (κ3) is 3.28. The number of methoxy groups -OCH3 is 1. The van der Waals surface area contributed by atoms with E-state index in [1.54, 1.807) is 7.11 Å². The fraction of sp³-hybridized carbons (Fsp3) is 0.360. The second kappa shape index (κ2) is 7.98. The molecule has 156 valence electrons. The lowest BCUT2D eigenvalue weighted by Crippen LogP contribution is -2.39. The zero-order valence-corrected chi connectivity index (χ0v) is 18.1. The zero-order valence-electron chi connectivity index (χ0n) is 18.1. The van der Waals surface area contributed by atoms with E-state index in [9.17, 15) is 9.59 Å². The summed E-state index contributed by atoms with van der Waals surface area (Å²) >= 11 is 0. The maximum Gasteiger partial charge on any atom is 0.282 e. The van der Waals surface area contributed by atoms with Gasteiger partial charge in [0.15, 0.2) is 0 Å². The molecule has 30 heavy (non-hydrogen) atoms. The molecule has 5 nitrogen and oxygen atoms in total. The number of piperidine rings is 1. The van der Waals surface area contributed by atoms with Crippen molar-refractivity contribution in [2.75, 3.05) is 25.1 Å². The molecule has 2 aromatic rings. The van der Waals surface area contributed by atoms with Gasteiger partial charge in [0.25, 0.3) is 11.8 Å². The van der Waals surface area contributed by atoms with E-state index in [0.29, 0.717) is 34.2 Å². The van der Waals surface area contributed by atoms with Gasteiger partial charge in [0.2, 0.25) is 0 Å². The molecule has 2 aliphatic rings. The maximum absolute atomic E-state index is 13.7. The number of likely N-dealkylation sites (tertiary alicyclic amines) is 1. The first-order valence-electron chi connectivity index (χ1n) is 10.5. The molecule has 4 rings (SSSR count). The van der Waals surface area contributed by atoms with Gasteiger partial charge in [0.05, 0.1) is 18.4 Å². The van der Waals surface area contributed by atoms with Crippen LogP contribution in [0.2, 0.25) is 0 Å². The molecule has 1 unspecified atom stereocenters. The highest BCUT2D eigenvalue weighted by molar-refractivity contribution is 6.45. The Labute approximate surface area is 177 Å². The molecule has 0 radical (unpaired) electrons. The van der Waals surface area contributed by atoms with Crippen LogP contribution in [0.25, 0.3) is 5.57 Å². The molecule has 1 atom stereocenters. The molecule has 0 aromatic heterocycles. The molecule has 0 bridgehead atoms.